The molecule has 116 valence electrons. The summed E-state index contributed by atoms with van der Waals surface area (Å²) in [5.74, 6) is -0.236. The number of anilines is 1. The molecule has 21 heavy (non-hydrogen) atoms. The minimum atomic E-state index is -3.99. The Kier molecular flexibility index (Phi) is 5.67. The van der Waals surface area contributed by atoms with Gasteiger partial charge in [-0.2, -0.15) is 9.97 Å². The van der Waals surface area contributed by atoms with Crippen molar-refractivity contribution in [2.75, 3.05) is 26.6 Å². The van der Waals surface area contributed by atoms with Gasteiger partial charge in [-0.3, -0.25) is 5.32 Å². The molecule has 0 saturated carbocycles. The first-order valence-electron chi connectivity index (χ1n) is 5.24. The van der Waals surface area contributed by atoms with Crippen LogP contribution in [0.4, 0.5) is 10.7 Å². The van der Waals surface area contributed by atoms with Crippen LogP contribution >= 0.6 is 11.6 Å². The topological polar surface area (TPSA) is 124 Å². The number of hydrogen-bond donors (Lipinski definition) is 1. The second kappa shape index (κ2) is 7.04. The summed E-state index contributed by atoms with van der Waals surface area (Å²) in [5.41, 5.74) is 0.772. The predicted octanol–water partition coefficient (Wildman–Crippen LogP) is 0.392. The second-order valence-corrected chi connectivity index (χ2v) is 5.44. The molecule has 0 aromatic carbocycles. The lowest BCUT2D eigenvalue weighted by Gasteiger charge is -2.15. The number of aromatic nitrogens is 3. The third-order valence-corrected chi connectivity index (χ3v) is 3.75. The van der Waals surface area contributed by atoms with Gasteiger partial charge < -0.3 is 9.47 Å². The Labute approximate surface area is 125 Å². The van der Waals surface area contributed by atoms with Gasteiger partial charge in [0, 0.05) is 12.6 Å². The number of sulfonamides is 1. The maximum absolute atomic E-state index is 11.8. The maximum atomic E-state index is 11.8. The normalized spacial score (nSPS) is 11.2. The molecule has 1 aromatic heterocycles. The lowest BCUT2D eigenvalue weighted by molar-refractivity contribution is 0.240. The van der Waals surface area contributed by atoms with Gasteiger partial charge in [0.1, 0.15) is 0 Å². The molecule has 0 saturated heterocycles. The number of hydrogen-bond acceptors (Lipinski definition) is 8. The average molecular weight is 338 g/mol. The molecule has 0 aliphatic heterocycles. The van der Waals surface area contributed by atoms with Crippen molar-refractivity contribution in [1.82, 2.24) is 19.3 Å². The molecule has 0 bridgehead atoms. The van der Waals surface area contributed by atoms with Crippen molar-refractivity contribution in [3.8, 4) is 12.0 Å². The van der Waals surface area contributed by atoms with Gasteiger partial charge in [0.05, 0.1) is 19.6 Å². The molecule has 12 heteroatoms. The number of rotatable bonds is 5. The number of urea groups is 1. The van der Waals surface area contributed by atoms with E-state index in [4.69, 9.17) is 21.1 Å². The zero-order valence-corrected chi connectivity index (χ0v) is 12.8. The summed E-state index contributed by atoms with van der Waals surface area (Å²) in [7, 11) is -0.332. The summed E-state index contributed by atoms with van der Waals surface area (Å²) in [4.78, 5) is 23.0. The van der Waals surface area contributed by atoms with Crippen LogP contribution in [0.2, 0.25) is 0 Å². The van der Waals surface area contributed by atoms with E-state index in [-0.39, 0.29) is 18.0 Å². The van der Waals surface area contributed by atoms with Crippen molar-refractivity contribution in [1.29, 1.82) is 0 Å². The molecule has 1 N–H and O–H groups in total. The molecule has 0 aliphatic rings. The third-order valence-electron chi connectivity index (χ3n) is 2.07. The Hall–Kier alpha value is -2.14. The van der Waals surface area contributed by atoms with Crippen LogP contribution in [0.1, 0.15) is 0 Å². The lowest BCUT2D eigenvalue weighted by Crippen LogP contribution is -2.35. The number of ether oxygens (including phenoxy) is 2. The minimum absolute atomic E-state index is 0.108. The molecule has 2 amide bonds. The minimum Gasteiger partial charge on any atom is -0.467 e. The predicted molar refractivity (Wildman–Crippen MR) is 73.6 cm³/mol. The number of amides is 2. The van der Waals surface area contributed by atoms with E-state index in [0.29, 0.717) is 9.71 Å². The van der Waals surface area contributed by atoms with Gasteiger partial charge in [0.15, 0.2) is 0 Å². The summed E-state index contributed by atoms with van der Waals surface area (Å²) >= 11 is 5.19. The van der Waals surface area contributed by atoms with Crippen LogP contribution in [0.25, 0.3) is 0 Å². The van der Waals surface area contributed by atoms with E-state index in [9.17, 15) is 13.2 Å². The molecule has 0 spiro atoms. The van der Waals surface area contributed by atoms with Crippen LogP contribution in [-0.4, -0.2) is 55.0 Å². The molecule has 0 fully saturated rings. The number of methoxy groups -OCH3 is 2. The first-order valence-corrected chi connectivity index (χ1v) is 7.18. The number of carbonyl (C=O) groups is 1. The molecule has 1 heterocycles. The highest BCUT2D eigenvalue weighted by Crippen LogP contribution is 2.13. The highest BCUT2D eigenvalue weighted by molar-refractivity contribution is 7.92. The molecule has 0 radical (unpaired) electrons. The second-order valence-electron chi connectivity index (χ2n) is 3.34. The number of nitrogens with one attached hydrogen (secondary N) is 1. The Balaban J connectivity index is 2.98. The number of nitrogens with zero attached hydrogens (tertiary/aromatic N) is 4. The van der Waals surface area contributed by atoms with Crippen molar-refractivity contribution in [3.05, 3.63) is 10.9 Å². The van der Waals surface area contributed by atoms with E-state index in [1.54, 1.807) is 0 Å². The van der Waals surface area contributed by atoms with Crippen LogP contribution in [-0.2, 0) is 10.0 Å². The molecule has 0 atom stereocenters. The smallest absolute Gasteiger partial charge is 0.337 e. The largest absolute Gasteiger partial charge is 0.467 e. The Morgan fingerprint density at radius 3 is 2.19 bits per heavy atom. The summed E-state index contributed by atoms with van der Waals surface area (Å²) < 4.78 is 33.2. The van der Waals surface area contributed by atoms with Crippen molar-refractivity contribution >= 4 is 33.6 Å². The van der Waals surface area contributed by atoms with E-state index in [1.807, 2.05) is 0 Å². The zero-order chi connectivity index (χ0) is 16.0. The van der Waals surface area contributed by atoms with Crippen LogP contribution in [0.15, 0.2) is 10.9 Å². The van der Waals surface area contributed by atoms with Crippen LogP contribution < -0.4 is 14.8 Å². The Morgan fingerprint density at radius 1 is 1.24 bits per heavy atom. The molecular weight excluding hydrogens is 326 g/mol. The number of halogens is 1. The standard InChI is InChI=1S/C9H12ClN5O5S/c1-15(21(17,18)5-4-10)9(16)13-6-11-7(19-2)14-8(12-6)20-3/h4-5H,1-3H3,(H,11,12,13,14,16). The highest BCUT2D eigenvalue weighted by Gasteiger charge is 2.22. The first-order chi connectivity index (χ1) is 9.83. The third kappa shape index (κ3) is 4.43. The van der Waals surface area contributed by atoms with Gasteiger partial charge in [-0.15, -0.1) is 4.98 Å². The van der Waals surface area contributed by atoms with E-state index in [1.165, 1.54) is 14.2 Å². The molecule has 0 unspecified atom stereocenters. The van der Waals surface area contributed by atoms with Crippen molar-refractivity contribution in [2.24, 2.45) is 0 Å². The lowest BCUT2D eigenvalue weighted by atomic mass is 10.8. The molecule has 1 rings (SSSR count). The summed E-state index contributed by atoms with van der Waals surface area (Å²) in [6, 6.07) is -1.22. The van der Waals surface area contributed by atoms with Crippen LogP contribution in [0, 0.1) is 0 Å². The van der Waals surface area contributed by atoms with Crippen LogP contribution in [0.3, 0.4) is 0 Å². The summed E-state index contributed by atoms with van der Waals surface area (Å²) in [5, 5.41) is 2.82. The monoisotopic (exact) mass is 337 g/mol. The van der Waals surface area contributed by atoms with Crippen LogP contribution in [0.5, 0.6) is 12.0 Å². The molecule has 1 aromatic rings. The van der Waals surface area contributed by atoms with Crippen molar-refractivity contribution < 1.29 is 22.7 Å². The molecule has 0 aliphatic carbocycles. The van der Waals surface area contributed by atoms with Crippen molar-refractivity contribution in [3.63, 3.8) is 0 Å². The molecular formula is C9H12ClN5O5S. The quantitative estimate of drug-likeness (QED) is 0.818. The van der Waals surface area contributed by atoms with Gasteiger partial charge in [-0.1, -0.05) is 11.6 Å². The summed E-state index contributed by atoms with van der Waals surface area (Å²) in [6.07, 6.45) is 0. The van der Waals surface area contributed by atoms with Gasteiger partial charge >= 0.3 is 18.1 Å². The average Bonchev–Trinajstić information content (AvgIpc) is 2.45. The van der Waals surface area contributed by atoms with E-state index in [0.717, 1.165) is 12.6 Å². The van der Waals surface area contributed by atoms with E-state index in [2.05, 4.69) is 20.3 Å². The maximum Gasteiger partial charge on any atom is 0.337 e. The SMILES string of the molecule is COc1nc(NC(=O)N(C)S(=O)(=O)C=CCl)nc(OC)n1. The van der Waals surface area contributed by atoms with Gasteiger partial charge in [0.2, 0.25) is 5.95 Å². The van der Waals surface area contributed by atoms with Gasteiger partial charge in [-0.05, 0) is 0 Å². The van der Waals surface area contributed by atoms with E-state index >= 15 is 0 Å². The van der Waals surface area contributed by atoms with Crippen molar-refractivity contribution in [2.45, 2.75) is 0 Å². The Bertz CT molecular complexity index is 628. The first kappa shape index (κ1) is 16.9. The summed E-state index contributed by atoms with van der Waals surface area (Å²) in [6.45, 7) is 0. The number of carbonyl (C=O) groups excluding carboxylic acids is 1. The highest BCUT2D eigenvalue weighted by atomic mass is 35.5. The fraction of sp³-hybridized carbons (Fsp3) is 0.333. The van der Waals surface area contributed by atoms with Gasteiger partial charge in [0.25, 0.3) is 10.0 Å². The van der Waals surface area contributed by atoms with Gasteiger partial charge in [-0.25, -0.2) is 17.5 Å². The van der Waals surface area contributed by atoms with E-state index < -0.39 is 16.1 Å². The zero-order valence-electron chi connectivity index (χ0n) is 11.3. The molecule has 10 nitrogen and oxygen atoms in total. The fourth-order valence-corrected chi connectivity index (χ4v) is 2.00. The Morgan fingerprint density at radius 2 is 1.76 bits per heavy atom. The fourth-order valence-electron chi connectivity index (χ4n) is 1.02.